The number of aliphatic hydroxyl groups is 1. The number of ether oxygens (including phenoxy) is 1. The molecule has 0 aliphatic heterocycles. The minimum Gasteiger partial charge on any atom is -0.467 e. The van der Waals surface area contributed by atoms with Gasteiger partial charge in [-0.15, -0.1) is 0 Å². The molecule has 0 aromatic carbocycles. The zero-order chi connectivity index (χ0) is 10.8. The molecule has 1 N–H and O–H groups in total. The number of rotatable bonds is 3. The molecule has 3 atom stereocenters. The molecule has 0 bridgehead atoms. The average Bonchev–Trinajstić information content (AvgIpc) is 2.81. The minimum absolute atomic E-state index is 0.415. The fraction of sp³-hybridized carbons (Fsp3) is 0.583. The summed E-state index contributed by atoms with van der Waals surface area (Å²) in [7, 11) is 1.30. The normalized spacial score (nSPS) is 29.9. The van der Waals surface area contributed by atoms with E-state index in [1.54, 1.807) is 0 Å². The summed E-state index contributed by atoms with van der Waals surface area (Å²) < 4.78 is 4.50. The zero-order valence-corrected chi connectivity index (χ0v) is 8.85. The molecule has 0 aromatic rings. The fourth-order valence-electron chi connectivity index (χ4n) is 2.47. The van der Waals surface area contributed by atoms with Gasteiger partial charge in [0.15, 0.2) is 6.10 Å². The van der Waals surface area contributed by atoms with Crippen molar-refractivity contribution in [2.75, 3.05) is 7.11 Å². The first-order valence-corrected chi connectivity index (χ1v) is 5.34. The molecule has 3 nitrogen and oxygen atoms in total. The lowest BCUT2D eigenvalue weighted by Gasteiger charge is -2.15. The topological polar surface area (TPSA) is 46.5 Å². The smallest absolute Gasteiger partial charge is 0.335 e. The van der Waals surface area contributed by atoms with Crippen molar-refractivity contribution >= 4 is 5.97 Å². The maximum atomic E-state index is 11.1. The molecule has 0 amide bonds. The molecule has 0 aromatic heterocycles. The molecular weight excluding hydrogens is 192 g/mol. The van der Waals surface area contributed by atoms with E-state index in [1.165, 1.54) is 12.7 Å². The molecule has 2 aliphatic rings. The van der Waals surface area contributed by atoms with Crippen molar-refractivity contribution in [2.24, 2.45) is 11.8 Å². The number of carbonyl (C=O) groups excluding carboxylic acids is 1. The Morgan fingerprint density at radius 3 is 3.20 bits per heavy atom. The molecular formula is C12H16O3. The van der Waals surface area contributed by atoms with Gasteiger partial charge in [-0.3, -0.25) is 0 Å². The molecule has 0 spiro atoms. The van der Waals surface area contributed by atoms with Crippen molar-refractivity contribution in [3.05, 3.63) is 23.8 Å². The zero-order valence-electron chi connectivity index (χ0n) is 8.85. The number of fused-ring (bicyclic) bond motifs is 1. The van der Waals surface area contributed by atoms with E-state index in [2.05, 4.69) is 23.0 Å². The Morgan fingerprint density at radius 1 is 1.67 bits per heavy atom. The third-order valence-corrected chi connectivity index (χ3v) is 3.30. The molecule has 0 radical (unpaired) electrons. The standard InChI is InChI=1S/C12H16O3/c1-15-12(14)11(13)7-9-6-5-8-3-2-4-10(8)9/h2,4,6,8,10-11,13H,3,5,7H2,1H3/t8-,10-,11-/m0/s1. The molecule has 0 fully saturated rings. The molecule has 15 heavy (non-hydrogen) atoms. The quantitative estimate of drug-likeness (QED) is 0.564. The van der Waals surface area contributed by atoms with Crippen LogP contribution in [0.3, 0.4) is 0 Å². The summed E-state index contributed by atoms with van der Waals surface area (Å²) in [6.07, 6.45) is 8.14. The van der Waals surface area contributed by atoms with Gasteiger partial charge in [0.2, 0.25) is 0 Å². The van der Waals surface area contributed by atoms with Crippen LogP contribution in [0, 0.1) is 11.8 Å². The van der Waals surface area contributed by atoms with Gasteiger partial charge in [0.05, 0.1) is 7.11 Å². The van der Waals surface area contributed by atoms with Crippen molar-refractivity contribution in [1.82, 2.24) is 0 Å². The van der Waals surface area contributed by atoms with E-state index in [0.717, 1.165) is 12.8 Å². The number of hydrogen-bond donors (Lipinski definition) is 1. The molecule has 82 valence electrons. The van der Waals surface area contributed by atoms with Crippen molar-refractivity contribution in [1.29, 1.82) is 0 Å². The second-order valence-corrected chi connectivity index (χ2v) is 4.21. The predicted molar refractivity (Wildman–Crippen MR) is 56.1 cm³/mol. The second-order valence-electron chi connectivity index (χ2n) is 4.21. The summed E-state index contributed by atoms with van der Waals surface area (Å²) in [5.74, 6) is 0.579. The Hall–Kier alpha value is -1.09. The molecule has 0 heterocycles. The van der Waals surface area contributed by atoms with E-state index in [-0.39, 0.29) is 0 Å². The van der Waals surface area contributed by atoms with Gasteiger partial charge in [0.25, 0.3) is 0 Å². The van der Waals surface area contributed by atoms with E-state index < -0.39 is 12.1 Å². The summed E-state index contributed by atoms with van der Waals surface area (Å²) in [6, 6.07) is 0. The predicted octanol–water partition coefficient (Wildman–Crippen LogP) is 1.43. The lowest BCUT2D eigenvalue weighted by atomic mass is 9.92. The van der Waals surface area contributed by atoms with Gasteiger partial charge in [-0.1, -0.05) is 23.8 Å². The van der Waals surface area contributed by atoms with Crippen LogP contribution in [0.15, 0.2) is 23.8 Å². The summed E-state index contributed by atoms with van der Waals surface area (Å²) >= 11 is 0. The highest BCUT2D eigenvalue weighted by Crippen LogP contribution is 2.41. The van der Waals surface area contributed by atoms with E-state index >= 15 is 0 Å². The number of aliphatic hydroxyl groups excluding tert-OH is 1. The summed E-state index contributed by atoms with van der Waals surface area (Å²) in [5.41, 5.74) is 1.19. The SMILES string of the molecule is COC(=O)[C@@H](O)CC1=CC[C@@H]2CC=C[C@H]12. The minimum atomic E-state index is -1.01. The highest BCUT2D eigenvalue weighted by Gasteiger charge is 2.32. The molecule has 0 saturated carbocycles. The fourth-order valence-corrected chi connectivity index (χ4v) is 2.47. The average molecular weight is 208 g/mol. The second kappa shape index (κ2) is 4.19. The van der Waals surface area contributed by atoms with Gasteiger partial charge >= 0.3 is 5.97 Å². The van der Waals surface area contributed by atoms with Crippen LogP contribution in [0.2, 0.25) is 0 Å². The van der Waals surface area contributed by atoms with Crippen LogP contribution in [0.5, 0.6) is 0 Å². The van der Waals surface area contributed by atoms with E-state index in [9.17, 15) is 9.90 Å². The Bertz CT molecular complexity index is 317. The molecule has 0 unspecified atom stereocenters. The van der Waals surface area contributed by atoms with Crippen LogP contribution in [-0.4, -0.2) is 24.3 Å². The largest absolute Gasteiger partial charge is 0.467 e. The Labute approximate surface area is 89.4 Å². The maximum Gasteiger partial charge on any atom is 0.335 e. The maximum absolute atomic E-state index is 11.1. The van der Waals surface area contributed by atoms with Crippen molar-refractivity contribution in [3.63, 3.8) is 0 Å². The summed E-state index contributed by atoms with van der Waals surface area (Å²) in [5, 5.41) is 9.56. The van der Waals surface area contributed by atoms with Gasteiger partial charge in [-0.2, -0.15) is 0 Å². The van der Waals surface area contributed by atoms with Crippen LogP contribution in [-0.2, 0) is 9.53 Å². The van der Waals surface area contributed by atoms with Crippen LogP contribution >= 0.6 is 0 Å². The number of hydrogen-bond acceptors (Lipinski definition) is 3. The van der Waals surface area contributed by atoms with Gasteiger partial charge in [0, 0.05) is 12.3 Å². The highest BCUT2D eigenvalue weighted by atomic mass is 16.5. The van der Waals surface area contributed by atoms with E-state index in [0.29, 0.717) is 18.3 Å². The molecule has 2 aliphatic carbocycles. The first kappa shape index (κ1) is 10.4. The Morgan fingerprint density at radius 2 is 2.47 bits per heavy atom. The number of carbonyl (C=O) groups is 1. The van der Waals surface area contributed by atoms with Crippen LogP contribution in [0.1, 0.15) is 19.3 Å². The summed E-state index contributed by atoms with van der Waals surface area (Å²) in [6.45, 7) is 0. The van der Waals surface area contributed by atoms with Gasteiger partial charge in [-0.25, -0.2) is 4.79 Å². The van der Waals surface area contributed by atoms with E-state index in [1.807, 2.05) is 0 Å². The molecule has 0 saturated heterocycles. The first-order chi connectivity index (χ1) is 7.22. The molecule has 3 heteroatoms. The number of methoxy groups -OCH3 is 1. The number of allylic oxidation sites excluding steroid dienone is 3. The monoisotopic (exact) mass is 208 g/mol. The van der Waals surface area contributed by atoms with Crippen molar-refractivity contribution in [2.45, 2.75) is 25.4 Å². The molecule has 2 rings (SSSR count). The Kier molecular flexibility index (Phi) is 2.91. The van der Waals surface area contributed by atoms with Crippen LogP contribution in [0.25, 0.3) is 0 Å². The lowest BCUT2D eigenvalue weighted by molar-refractivity contribution is -0.150. The van der Waals surface area contributed by atoms with Crippen LogP contribution in [0.4, 0.5) is 0 Å². The third kappa shape index (κ3) is 1.97. The number of esters is 1. The van der Waals surface area contributed by atoms with Crippen molar-refractivity contribution < 1.29 is 14.6 Å². The first-order valence-electron chi connectivity index (χ1n) is 5.34. The van der Waals surface area contributed by atoms with Gasteiger partial charge < -0.3 is 9.84 Å². The lowest BCUT2D eigenvalue weighted by Crippen LogP contribution is -2.23. The van der Waals surface area contributed by atoms with Crippen LogP contribution < -0.4 is 0 Å². The van der Waals surface area contributed by atoms with Gasteiger partial charge in [-0.05, 0) is 18.8 Å². The highest BCUT2D eigenvalue weighted by molar-refractivity contribution is 5.74. The summed E-state index contributed by atoms with van der Waals surface area (Å²) in [4.78, 5) is 11.1. The third-order valence-electron chi connectivity index (χ3n) is 3.30. The van der Waals surface area contributed by atoms with Crippen molar-refractivity contribution in [3.8, 4) is 0 Å². The van der Waals surface area contributed by atoms with E-state index in [4.69, 9.17) is 0 Å². The Balaban J connectivity index is 1.95. The van der Waals surface area contributed by atoms with Gasteiger partial charge in [0.1, 0.15) is 0 Å².